The van der Waals surface area contributed by atoms with Crippen LogP contribution in [0.3, 0.4) is 0 Å². The first kappa shape index (κ1) is 13.0. The minimum Gasteiger partial charge on any atom is -0.379 e. The molecule has 3 heteroatoms. The summed E-state index contributed by atoms with van der Waals surface area (Å²) in [7, 11) is 0. The molecule has 1 N–H and O–H groups in total. The van der Waals surface area contributed by atoms with Crippen LogP contribution >= 0.6 is 0 Å². The molecule has 1 aromatic carbocycles. The molecule has 0 spiro atoms. The maximum atomic E-state index is 4.50. The lowest BCUT2D eigenvalue weighted by molar-refractivity contribution is 0.949. The quantitative estimate of drug-likeness (QED) is 0.917. The Kier molecular flexibility index (Phi) is 3.86. The summed E-state index contributed by atoms with van der Waals surface area (Å²) in [4.78, 5) is 6.95. The largest absolute Gasteiger partial charge is 0.379 e. The molecule has 3 nitrogen and oxygen atoms in total. The molecule has 20 heavy (non-hydrogen) atoms. The standard InChI is InChI=1S/C17H21N3/c1-14-5-4-6-16(19-14)13-18-15-7-9-17(10-8-15)20-11-2-3-12-20/h4-10,18H,2-3,11-13H2,1H3. The first-order chi connectivity index (χ1) is 9.81. The van der Waals surface area contributed by atoms with Gasteiger partial charge in [0.1, 0.15) is 0 Å². The van der Waals surface area contributed by atoms with Crippen LogP contribution in [0.25, 0.3) is 0 Å². The maximum absolute atomic E-state index is 4.50. The molecule has 1 aromatic heterocycles. The van der Waals surface area contributed by atoms with E-state index >= 15 is 0 Å². The Hall–Kier alpha value is -2.03. The van der Waals surface area contributed by atoms with Gasteiger partial charge in [0.05, 0.1) is 12.2 Å². The monoisotopic (exact) mass is 267 g/mol. The number of rotatable bonds is 4. The molecule has 0 radical (unpaired) electrons. The number of aryl methyl sites for hydroxylation is 1. The SMILES string of the molecule is Cc1cccc(CNc2ccc(N3CCCC3)cc2)n1. The van der Waals surface area contributed by atoms with Crippen molar-refractivity contribution in [2.75, 3.05) is 23.3 Å². The van der Waals surface area contributed by atoms with Crippen molar-refractivity contribution in [3.05, 3.63) is 53.9 Å². The van der Waals surface area contributed by atoms with Crippen molar-refractivity contribution >= 4 is 11.4 Å². The number of nitrogens with one attached hydrogen (secondary N) is 1. The molecule has 1 aliphatic rings. The number of hydrogen-bond acceptors (Lipinski definition) is 3. The zero-order valence-corrected chi connectivity index (χ0v) is 12.0. The summed E-state index contributed by atoms with van der Waals surface area (Å²) in [5.74, 6) is 0. The molecular weight excluding hydrogens is 246 g/mol. The van der Waals surface area contributed by atoms with Gasteiger partial charge in [0.15, 0.2) is 0 Å². The number of benzene rings is 1. The molecular formula is C17H21N3. The molecule has 0 atom stereocenters. The topological polar surface area (TPSA) is 28.2 Å². The fraction of sp³-hybridized carbons (Fsp3) is 0.353. The molecule has 0 aliphatic carbocycles. The summed E-state index contributed by atoms with van der Waals surface area (Å²) in [5, 5.41) is 3.42. The molecule has 0 unspecified atom stereocenters. The number of hydrogen-bond donors (Lipinski definition) is 1. The molecule has 3 rings (SSSR count). The van der Waals surface area contributed by atoms with E-state index in [1.807, 2.05) is 13.0 Å². The Morgan fingerprint density at radius 1 is 1.05 bits per heavy atom. The first-order valence-electron chi connectivity index (χ1n) is 7.33. The van der Waals surface area contributed by atoms with E-state index in [1.165, 1.54) is 31.6 Å². The molecule has 0 amide bonds. The number of nitrogens with zero attached hydrogens (tertiary/aromatic N) is 2. The molecule has 2 aromatic rings. The van der Waals surface area contributed by atoms with Crippen LogP contribution in [0.15, 0.2) is 42.5 Å². The summed E-state index contributed by atoms with van der Waals surface area (Å²) in [6.07, 6.45) is 2.64. The van der Waals surface area contributed by atoms with Crippen LogP contribution in [0.2, 0.25) is 0 Å². The van der Waals surface area contributed by atoms with Crippen LogP contribution in [0.4, 0.5) is 11.4 Å². The van der Waals surface area contributed by atoms with E-state index in [-0.39, 0.29) is 0 Å². The summed E-state index contributed by atoms with van der Waals surface area (Å²) >= 11 is 0. The molecule has 1 fully saturated rings. The summed E-state index contributed by atoms with van der Waals surface area (Å²) in [6.45, 7) is 5.18. The Bertz CT molecular complexity index is 557. The number of anilines is 2. The molecule has 0 saturated carbocycles. The van der Waals surface area contributed by atoms with Gasteiger partial charge < -0.3 is 10.2 Å². The number of aromatic nitrogens is 1. The van der Waals surface area contributed by atoms with Crippen LogP contribution in [-0.4, -0.2) is 18.1 Å². The molecule has 2 heterocycles. The fourth-order valence-corrected chi connectivity index (χ4v) is 2.66. The van der Waals surface area contributed by atoms with Gasteiger partial charge >= 0.3 is 0 Å². The van der Waals surface area contributed by atoms with E-state index < -0.39 is 0 Å². The normalized spacial score (nSPS) is 14.6. The second-order valence-electron chi connectivity index (χ2n) is 5.36. The van der Waals surface area contributed by atoms with Crippen LogP contribution in [0, 0.1) is 6.92 Å². The van der Waals surface area contributed by atoms with E-state index in [9.17, 15) is 0 Å². The van der Waals surface area contributed by atoms with Crippen molar-refractivity contribution in [3.63, 3.8) is 0 Å². The van der Waals surface area contributed by atoms with Gasteiger partial charge in [-0.3, -0.25) is 4.98 Å². The molecule has 104 valence electrons. The van der Waals surface area contributed by atoms with Crippen LogP contribution < -0.4 is 10.2 Å². The zero-order chi connectivity index (χ0) is 13.8. The molecule has 1 aliphatic heterocycles. The lowest BCUT2D eigenvalue weighted by Crippen LogP contribution is -2.17. The van der Waals surface area contributed by atoms with Crippen LogP contribution in [-0.2, 0) is 6.54 Å². The van der Waals surface area contributed by atoms with Crippen molar-refractivity contribution in [3.8, 4) is 0 Å². The third-order valence-corrected chi connectivity index (χ3v) is 3.76. The highest BCUT2D eigenvalue weighted by atomic mass is 15.1. The summed E-state index contributed by atoms with van der Waals surface area (Å²) < 4.78 is 0. The van der Waals surface area contributed by atoms with E-state index in [2.05, 4.69) is 51.6 Å². The van der Waals surface area contributed by atoms with Crippen LogP contribution in [0.5, 0.6) is 0 Å². The lowest BCUT2D eigenvalue weighted by atomic mass is 10.2. The third kappa shape index (κ3) is 3.10. The van der Waals surface area contributed by atoms with Gasteiger partial charge in [-0.15, -0.1) is 0 Å². The first-order valence-corrected chi connectivity index (χ1v) is 7.33. The highest BCUT2D eigenvalue weighted by molar-refractivity contribution is 5.55. The minimum absolute atomic E-state index is 0.769. The van der Waals surface area contributed by atoms with E-state index in [0.717, 1.165) is 23.6 Å². The van der Waals surface area contributed by atoms with E-state index in [0.29, 0.717) is 0 Å². The second-order valence-corrected chi connectivity index (χ2v) is 5.36. The van der Waals surface area contributed by atoms with Crippen molar-refractivity contribution < 1.29 is 0 Å². The lowest BCUT2D eigenvalue weighted by Gasteiger charge is -2.18. The average Bonchev–Trinajstić information content (AvgIpc) is 3.00. The van der Waals surface area contributed by atoms with Gasteiger partial charge in [0.2, 0.25) is 0 Å². The highest BCUT2D eigenvalue weighted by Gasteiger charge is 2.11. The van der Waals surface area contributed by atoms with Crippen molar-refractivity contribution in [1.29, 1.82) is 0 Å². The predicted molar refractivity (Wildman–Crippen MR) is 84.2 cm³/mol. The van der Waals surface area contributed by atoms with Gasteiger partial charge in [0, 0.05) is 30.2 Å². The smallest absolute Gasteiger partial charge is 0.0597 e. The Morgan fingerprint density at radius 3 is 2.50 bits per heavy atom. The number of pyridine rings is 1. The zero-order valence-electron chi connectivity index (χ0n) is 12.0. The third-order valence-electron chi connectivity index (χ3n) is 3.76. The minimum atomic E-state index is 0.769. The van der Waals surface area contributed by atoms with Gasteiger partial charge in [-0.05, 0) is 56.2 Å². The Labute approximate surface area is 120 Å². The van der Waals surface area contributed by atoms with Gasteiger partial charge in [-0.25, -0.2) is 0 Å². The van der Waals surface area contributed by atoms with Gasteiger partial charge in [-0.1, -0.05) is 6.07 Å². The van der Waals surface area contributed by atoms with E-state index in [1.54, 1.807) is 0 Å². The Morgan fingerprint density at radius 2 is 1.80 bits per heavy atom. The van der Waals surface area contributed by atoms with Crippen molar-refractivity contribution in [1.82, 2.24) is 4.98 Å². The van der Waals surface area contributed by atoms with Crippen molar-refractivity contribution in [2.24, 2.45) is 0 Å². The summed E-state index contributed by atoms with van der Waals surface area (Å²) in [6, 6.07) is 14.9. The van der Waals surface area contributed by atoms with Gasteiger partial charge in [0.25, 0.3) is 0 Å². The molecule has 1 saturated heterocycles. The van der Waals surface area contributed by atoms with Crippen LogP contribution in [0.1, 0.15) is 24.2 Å². The fourth-order valence-electron chi connectivity index (χ4n) is 2.66. The molecule has 0 bridgehead atoms. The van der Waals surface area contributed by atoms with Gasteiger partial charge in [-0.2, -0.15) is 0 Å². The predicted octanol–water partition coefficient (Wildman–Crippen LogP) is 3.60. The average molecular weight is 267 g/mol. The van der Waals surface area contributed by atoms with Crippen molar-refractivity contribution in [2.45, 2.75) is 26.3 Å². The summed E-state index contributed by atoms with van der Waals surface area (Å²) in [5.41, 5.74) is 4.63. The maximum Gasteiger partial charge on any atom is 0.0597 e. The van der Waals surface area contributed by atoms with E-state index in [4.69, 9.17) is 0 Å². The second kappa shape index (κ2) is 5.95. The Balaban J connectivity index is 1.60. The highest BCUT2D eigenvalue weighted by Crippen LogP contribution is 2.22.